The SMILES string of the molecule is COCCn1cc(C(=O)NCCCOC(C)C)c2c3ccccc3n(C)c2c1=O. The number of ether oxygens (including phenoxy) is 2. The van der Waals surface area contributed by atoms with Gasteiger partial charge in [-0.05, 0) is 26.3 Å². The number of aromatic nitrogens is 2. The van der Waals surface area contributed by atoms with Crippen molar-refractivity contribution in [1.82, 2.24) is 14.5 Å². The van der Waals surface area contributed by atoms with Crippen LogP contribution < -0.4 is 10.9 Å². The number of amides is 1. The first kappa shape index (κ1) is 21.1. The van der Waals surface area contributed by atoms with Gasteiger partial charge in [0.2, 0.25) is 0 Å². The number of para-hydroxylation sites is 1. The van der Waals surface area contributed by atoms with Crippen LogP contribution in [0.3, 0.4) is 0 Å². The van der Waals surface area contributed by atoms with Crippen molar-refractivity contribution in [2.45, 2.75) is 32.9 Å². The molecule has 0 saturated carbocycles. The Kier molecular flexibility index (Phi) is 6.71. The number of carbonyl (C=O) groups excluding carboxylic acids is 1. The number of carbonyl (C=O) groups is 1. The number of nitrogens with one attached hydrogen (secondary N) is 1. The smallest absolute Gasteiger partial charge is 0.275 e. The molecule has 3 rings (SSSR count). The van der Waals surface area contributed by atoms with Crippen LogP contribution in [-0.4, -0.2) is 48.0 Å². The highest BCUT2D eigenvalue weighted by atomic mass is 16.5. The predicted molar refractivity (Wildman–Crippen MR) is 115 cm³/mol. The van der Waals surface area contributed by atoms with E-state index in [0.29, 0.717) is 42.8 Å². The standard InChI is InChI=1S/C22H29N3O4/c1-15(2)29-12-7-10-23-21(26)17-14-25(11-13-28-4)22(27)20-19(17)16-8-5-6-9-18(16)24(20)3/h5-6,8-9,14-15H,7,10-13H2,1-4H3,(H,23,26). The molecule has 0 radical (unpaired) electrons. The normalized spacial score (nSPS) is 11.6. The summed E-state index contributed by atoms with van der Waals surface area (Å²) in [6, 6.07) is 7.76. The molecule has 156 valence electrons. The Balaban J connectivity index is 2.02. The first-order valence-electron chi connectivity index (χ1n) is 9.95. The zero-order valence-corrected chi connectivity index (χ0v) is 17.5. The predicted octanol–water partition coefficient (Wildman–Crippen LogP) is 2.68. The second kappa shape index (κ2) is 9.24. The van der Waals surface area contributed by atoms with E-state index in [1.807, 2.05) is 49.7 Å². The second-order valence-corrected chi connectivity index (χ2v) is 7.36. The highest BCUT2D eigenvalue weighted by Gasteiger charge is 2.20. The van der Waals surface area contributed by atoms with E-state index in [4.69, 9.17) is 9.47 Å². The van der Waals surface area contributed by atoms with Gasteiger partial charge >= 0.3 is 0 Å². The van der Waals surface area contributed by atoms with Crippen molar-refractivity contribution in [2.75, 3.05) is 26.9 Å². The third-order valence-electron chi connectivity index (χ3n) is 4.96. The number of aryl methyl sites for hydroxylation is 1. The van der Waals surface area contributed by atoms with Crippen LogP contribution in [-0.2, 0) is 23.1 Å². The van der Waals surface area contributed by atoms with Crippen LogP contribution >= 0.6 is 0 Å². The molecule has 1 amide bonds. The van der Waals surface area contributed by atoms with Gasteiger partial charge in [0.1, 0.15) is 5.52 Å². The summed E-state index contributed by atoms with van der Waals surface area (Å²) in [6.45, 7) is 5.85. The molecule has 0 saturated heterocycles. The average molecular weight is 399 g/mol. The Labute approximate surface area is 170 Å². The lowest BCUT2D eigenvalue weighted by atomic mass is 10.1. The molecule has 7 heteroatoms. The molecule has 1 N–H and O–H groups in total. The zero-order valence-electron chi connectivity index (χ0n) is 17.5. The number of benzene rings is 1. The quantitative estimate of drug-likeness (QED) is 0.562. The summed E-state index contributed by atoms with van der Waals surface area (Å²) in [5, 5.41) is 4.56. The van der Waals surface area contributed by atoms with Crippen molar-refractivity contribution in [3.05, 3.63) is 46.4 Å². The van der Waals surface area contributed by atoms with E-state index in [0.717, 1.165) is 17.3 Å². The number of pyridine rings is 1. The molecule has 0 aliphatic rings. The molecule has 0 bridgehead atoms. The molecule has 0 aliphatic carbocycles. The van der Waals surface area contributed by atoms with Crippen LogP contribution in [0, 0.1) is 0 Å². The minimum absolute atomic E-state index is 0.127. The molecule has 7 nitrogen and oxygen atoms in total. The Hall–Kier alpha value is -2.64. The van der Waals surface area contributed by atoms with Gasteiger partial charge in [0, 0.05) is 56.3 Å². The molecular weight excluding hydrogens is 370 g/mol. The van der Waals surface area contributed by atoms with E-state index in [2.05, 4.69) is 5.32 Å². The molecule has 3 aromatic rings. The Morgan fingerprint density at radius 3 is 2.69 bits per heavy atom. The summed E-state index contributed by atoms with van der Waals surface area (Å²) in [6.07, 6.45) is 2.55. The molecule has 0 unspecified atom stereocenters. The van der Waals surface area contributed by atoms with Crippen LogP contribution in [0.15, 0.2) is 35.3 Å². The minimum Gasteiger partial charge on any atom is -0.383 e. The molecular formula is C22H29N3O4. The molecule has 0 atom stereocenters. The Morgan fingerprint density at radius 2 is 1.97 bits per heavy atom. The zero-order chi connectivity index (χ0) is 21.0. The minimum atomic E-state index is -0.193. The fourth-order valence-corrected chi connectivity index (χ4v) is 3.55. The van der Waals surface area contributed by atoms with Gasteiger partial charge < -0.3 is 23.9 Å². The van der Waals surface area contributed by atoms with Crippen LogP contribution in [0.2, 0.25) is 0 Å². The maximum atomic E-state index is 13.1. The number of methoxy groups -OCH3 is 1. The molecule has 0 spiro atoms. The Morgan fingerprint density at radius 1 is 1.21 bits per heavy atom. The fraction of sp³-hybridized carbons (Fsp3) is 0.455. The van der Waals surface area contributed by atoms with Crippen molar-refractivity contribution in [3.8, 4) is 0 Å². The van der Waals surface area contributed by atoms with Crippen molar-refractivity contribution in [3.63, 3.8) is 0 Å². The fourth-order valence-electron chi connectivity index (χ4n) is 3.55. The monoisotopic (exact) mass is 399 g/mol. The van der Waals surface area contributed by atoms with E-state index in [-0.39, 0.29) is 17.6 Å². The summed E-state index contributed by atoms with van der Waals surface area (Å²) < 4.78 is 14.1. The van der Waals surface area contributed by atoms with Gasteiger partial charge in [-0.2, -0.15) is 0 Å². The van der Waals surface area contributed by atoms with E-state index in [1.165, 1.54) is 0 Å². The lowest BCUT2D eigenvalue weighted by molar-refractivity contribution is 0.0757. The Bertz CT molecular complexity index is 1070. The highest BCUT2D eigenvalue weighted by Crippen LogP contribution is 2.28. The van der Waals surface area contributed by atoms with Crippen LogP contribution in [0.25, 0.3) is 21.8 Å². The highest BCUT2D eigenvalue weighted by molar-refractivity contribution is 6.17. The van der Waals surface area contributed by atoms with E-state index < -0.39 is 0 Å². The average Bonchev–Trinajstić information content (AvgIpc) is 3.00. The van der Waals surface area contributed by atoms with Gasteiger partial charge in [-0.15, -0.1) is 0 Å². The molecule has 2 heterocycles. The van der Waals surface area contributed by atoms with Gasteiger partial charge in [-0.25, -0.2) is 0 Å². The van der Waals surface area contributed by atoms with Gasteiger partial charge in [-0.3, -0.25) is 9.59 Å². The van der Waals surface area contributed by atoms with Crippen molar-refractivity contribution >= 4 is 27.7 Å². The third kappa shape index (κ3) is 4.36. The van der Waals surface area contributed by atoms with Gasteiger partial charge in [0.25, 0.3) is 11.5 Å². The molecule has 29 heavy (non-hydrogen) atoms. The number of hydrogen-bond acceptors (Lipinski definition) is 4. The third-order valence-corrected chi connectivity index (χ3v) is 4.96. The maximum Gasteiger partial charge on any atom is 0.275 e. The van der Waals surface area contributed by atoms with E-state index >= 15 is 0 Å². The first-order chi connectivity index (χ1) is 14.0. The maximum absolute atomic E-state index is 13.1. The van der Waals surface area contributed by atoms with E-state index in [1.54, 1.807) is 17.9 Å². The van der Waals surface area contributed by atoms with Crippen molar-refractivity contribution in [2.24, 2.45) is 7.05 Å². The first-order valence-corrected chi connectivity index (χ1v) is 9.95. The number of fused-ring (bicyclic) bond motifs is 3. The van der Waals surface area contributed by atoms with Crippen LogP contribution in [0.4, 0.5) is 0 Å². The van der Waals surface area contributed by atoms with Gasteiger partial charge in [-0.1, -0.05) is 18.2 Å². The molecule has 0 fully saturated rings. The molecule has 1 aromatic carbocycles. The number of hydrogen-bond donors (Lipinski definition) is 1. The van der Waals surface area contributed by atoms with Gasteiger partial charge in [0.05, 0.1) is 18.3 Å². The summed E-state index contributed by atoms with van der Waals surface area (Å²) in [4.78, 5) is 26.1. The lowest BCUT2D eigenvalue weighted by Crippen LogP contribution is -2.30. The molecule has 0 aliphatic heterocycles. The van der Waals surface area contributed by atoms with Crippen LogP contribution in [0.1, 0.15) is 30.6 Å². The number of rotatable bonds is 9. The summed E-state index contributed by atoms with van der Waals surface area (Å²) in [5.41, 5.74) is 1.82. The van der Waals surface area contributed by atoms with Crippen molar-refractivity contribution < 1.29 is 14.3 Å². The van der Waals surface area contributed by atoms with Crippen LogP contribution in [0.5, 0.6) is 0 Å². The summed E-state index contributed by atoms with van der Waals surface area (Å²) in [5.74, 6) is -0.193. The summed E-state index contributed by atoms with van der Waals surface area (Å²) in [7, 11) is 3.45. The lowest BCUT2D eigenvalue weighted by Gasteiger charge is -2.12. The van der Waals surface area contributed by atoms with E-state index in [9.17, 15) is 9.59 Å². The summed E-state index contributed by atoms with van der Waals surface area (Å²) >= 11 is 0. The topological polar surface area (TPSA) is 74.5 Å². The van der Waals surface area contributed by atoms with Crippen molar-refractivity contribution in [1.29, 1.82) is 0 Å². The number of nitrogens with zero attached hydrogens (tertiary/aromatic N) is 2. The van der Waals surface area contributed by atoms with Gasteiger partial charge in [0.15, 0.2) is 0 Å². The second-order valence-electron chi connectivity index (χ2n) is 7.36. The largest absolute Gasteiger partial charge is 0.383 e. The molecule has 2 aromatic heterocycles.